The number of amides is 2. The first kappa shape index (κ1) is 21.3. The van der Waals surface area contributed by atoms with Crippen LogP contribution in [0.2, 0.25) is 5.02 Å². The van der Waals surface area contributed by atoms with Gasteiger partial charge in [0.1, 0.15) is 0 Å². The first-order valence-corrected chi connectivity index (χ1v) is 11.2. The number of nitrogens with two attached hydrogens (primary N) is 1. The number of nitrogens with one attached hydrogen (secondary N) is 1. The van der Waals surface area contributed by atoms with Crippen molar-refractivity contribution in [3.05, 3.63) is 64.7 Å². The Morgan fingerprint density at radius 3 is 2.45 bits per heavy atom. The molecule has 0 atom stereocenters. The summed E-state index contributed by atoms with van der Waals surface area (Å²) in [5.41, 5.74) is 6.56. The number of para-hydroxylation sites is 1. The van der Waals surface area contributed by atoms with Gasteiger partial charge >= 0.3 is 0 Å². The van der Waals surface area contributed by atoms with Gasteiger partial charge in [-0.1, -0.05) is 35.9 Å². The van der Waals surface area contributed by atoms with Gasteiger partial charge in [-0.25, -0.2) is 12.7 Å². The van der Waals surface area contributed by atoms with Crippen molar-refractivity contribution in [2.45, 2.75) is 18.6 Å². The zero-order chi connectivity index (χ0) is 21.0. The monoisotopic (exact) mass is 435 g/mol. The number of carbonyl (C=O) groups excluding carboxylic acids is 2. The molecule has 1 aliphatic rings. The molecule has 0 aromatic heterocycles. The molecular weight excluding hydrogens is 414 g/mol. The maximum Gasteiger partial charge on any atom is 0.250 e. The van der Waals surface area contributed by atoms with Gasteiger partial charge in [0.05, 0.1) is 17.0 Å². The number of sulfonamides is 1. The van der Waals surface area contributed by atoms with Crippen LogP contribution in [0.3, 0.4) is 0 Å². The molecule has 0 radical (unpaired) electrons. The molecule has 1 aliphatic heterocycles. The van der Waals surface area contributed by atoms with Crippen LogP contribution in [0.1, 0.15) is 28.8 Å². The number of anilines is 1. The smallest absolute Gasteiger partial charge is 0.250 e. The van der Waals surface area contributed by atoms with E-state index in [1.165, 1.54) is 4.31 Å². The summed E-state index contributed by atoms with van der Waals surface area (Å²) in [4.78, 5) is 24.1. The van der Waals surface area contributed by atoms with Crippen LogP contribution in [0.4, 0.5) is 5.69 Å². The van der Waals surface area contributed by atoms with Gasteiger partial charge in [0.25, 0.3) is 5.91 Å². The minimum absolute atomic E-state index is 0.129. The van der Waals surface area contributed by atoms with E-state index in [9.17, 15) is 18.0 Å². The van der Waals surface area contributed by atoms with Gasteiger partial charge in [-0.2, -0.15) is 0 Å². The summed E-state index contributed by atoms with van der Waals surface area (Å²) in [6.45, 7) is 0.525. The maximum atomic E-state index is 12.7. The lowest BCUT2D eigenvalue weighted by atomic mass is 9.97. The third kappa shape index (κ3) is 5.35. The molecule has 29 heavy (non-hydrogen) atoms. The lowest BCUT2D eigenvalue weighted by Gasteiger charge is -2.30. The summed E-state index contributed by atoms with van der Waals surface area (Å²) in [5, 5.41) is 3.23. The number of halogens is 1. The minimum Gasteiger partial charge on any atom is -0.366 e. The molecule has 0 spiro atoms. The van der Waals surface area contributed by atoms with Crippen LogP contribution < -0.4 is 11.1 Å². The highest BCUT2D eigenvalue weighted by Crippen LogP contribution is 2.24. The molecule has 3 N–H and O–H groups in total. The van der Waals surface area contributed by atoms with Crippen molar-refractivity contribution in [3.8, 4) is 0 Å². The fraction of sp³-hybridized carbons (Fsp3) is 0.300. The zero-order valence-electron chi connectivity index (χ0n) is 15.7. The summed E-state index contributed by atoms with van der Waals surface area (Å²) >= 11 is 5.93. The highest BCUT2D eigenvalue weighted by molar-refractivity contribution is 7.88. The molecule has 7 nitrogen and oxygen atoms in total. The molecule has 2 aromatic carbocycles. The van der Waals surface area contributed by atoms with Crippen LogP contribution in [-0.2, 0) is 20.6 Å². The largest absolute Gasteiger partial charge is 0.366 e. The molecule has 9 heteroatoms. The molecule has 3 rings (SSSR count). The summed E-state index contributed by atoms with van der Waals surface area (Å²) < 4.78 is 26.8. The minimum atomic E-state index is -3.50. The van der Waals surface area contributed by atoms with E-state index in [-0.39, 0.29) is 36.2 Å². The topological polar surface area (TPSA) is 110 Å². The molecule has 1 fully saturated rings. The lowest BCUT2D eigenvalue weighted by Crippen LogP contribution is -2.42. The summed E-state index contributed by atoms with van der Waals surface area (Å²) in [6.07, 6.45) is 0.804. The van der Waals surface area contributed by atoms with E-state index in [2.05, 4.69) is 5.32 Å². The molecule has 1 heterocycles. The Bertz CT molecular complexity index is 1020. The third-order valence-corrected chi connectivity index (χ3v) is 6.99. The Hall–Kier alpha value is -2.42. The Kier molecular flexibility index (Phi) is 6.56. The first-order chi connectivity index (χ1) is 13.8. The molecule has 154 valence electrons. The van der Waals surface area contributed by atoms with Crippen molar-refractivity contribution in [2.24, 2.45) is 11.7 Å². The van der Waals surface area contributed by atoms with Crippen LogP contribution in [0.5, 0.6) is 0 Å². The van der Waals surface area contributed by atoms with Crippen LogP contribution >= 0.6 is 11.6 Å². The van der Waals surface area contributed by atoms with Gasteiger partial charge in [0.15, 0.2) is 0 Å². The van der Waals surface area contributed by atoms with Gasteiger partial charge in [0, 0.05) is 24.0 Å². The zero-order valence-corrected chi connectivity index (χ0v) is 17.2. The molecule has 0 saturated carbocycles. The number of nitrogens with zero attached hydrogens (tertiary/aromatic N) is 1. The normalized spacial score (nSPS) is 15.8. The van der Waals surface area contributed by atoms with Crippen molar-refractivity contribution < 1.29 is 18.0 Å². The summed E-state index contributed by atoms with van der Waals surface area (Å²) in [5.74, 6) is -1.34. The number of hydrogen-bond donors (Lipinski definition) is 2. The van der Waals surface area contributed by atoms with E-state index in [0.717, 1.165) is 0 Å². The molecule has 0 bridgehead atoms. The predicted octanol–water partition coefficient (Wildman–Crippen LogP) is 2.62. The Morgan fingerprint density at radius 1 is 1.10 bits per heavy atom. The Balaban J connectivity index is 1.60. The van der Waals surface area contributed by atoms with Gasteiger partial charge in [-0.15, -0.1) is 0 Å². The van der Waals surface area contributed by atoms with Crippen molar-refractivity contribution in [2.75, 3.05) is 18.4 Å². The Morgan fingerprint density at radius 2 is 1.79 bits per heavy atom. The second kappa shape index (κ2) is 8.94. The number of rotatable bonds is 6. The maximum absolute atomic E-state index is 12.7. The average molecular weight is 436 g/mol. The first-order valence-electron chi connectivity index (χ1n) is 9.18. The van der Waals surface area contributed by atoms with Crippen LogP contribution in [0.25, 0.3) is 0 Å². The van der Waals surface area contributed by atoms with Gasteiger partial charge in [-0.05, 0) is 42.7 Å². The second-order valence-electron chi connectivity index (χ2n) is 6.96. The summed E-state index contributed by atoms with van der Waals surface area (Å²) in [7, 11) is -3.50. The number of hydrogen-bond acceptors (Lipinski definition) is 4. The van der Waals surface area contributed by atoms with Crippen molar-refractivity contribution in [3.63, 3.8) is 0 Å². The number of benzene rings is 2. The quantitative estimate of drug-likeness (QED) is 0.726. The van der Waals surface area contributed by atoms with E-state index in [1.807, 2.05) is 0 Å². The molecule has 2 amide bonds. The van der Waals surface area contributed by atoms with E-state index in [4.69, 9.17) is 17.3 Å². The van der Waals surface area contributed by atoms with Crippen LogP contribution in [-0.4, -0.2) is 37.6 Å². The molecular formula is C20H22ClN3O4S. The van der Waals surface area contributed by atoms with E-state index in [0.29, 0.717) is 29.1 Å². The Labute approximate surface area is 174 Å². The van der Waals surface area contributed by atoms with Gasteiger partial charge < -0.3 is 11.1 Å². The molecule has 0 aliphatic carbocycles. The fourth-order valence-corrected chi connectivity index (χ4v) is 5.13. The highest BCUT2D eigenvalue weighted by Gasteiger charge is 2.31. The summed E-state index contributed by atoms with van der Waals surface area (Å²) in [6, 6.07) is 13.3. The number of piperidine rings is 1. The SMILES string of the molecule is NC(=O)c1ccccc1NC(=O)C1CCN(S(=O)(=O)Cc2cccc(Cl)c2)CC1. The highest BCUT2D eigenvalue weighted by atomic mass is 35.5. The van der Waals surface area contributed by atoms with Gasteiger partial charge in [-0.3, -0.25) is 9.59 Å². The molecule has 2 aromatic rings. The molecule has 0 unspecified atom stereocenters. The van der Waals surface area contributed by atoms with E-state index < -0.39 is 15.9 Å². The van der Waals surface area contributed by atoms with Crippen molar-refractivity contribution in [1.82, 2.24) is 4.31 Å². The fourth-order valence-electron chi connectivity index (χ4n) is 3.37. The van der Waals surface area contributed by atoms with Crippen LogP contribution in [0.15, 0.2) is 48.5 Å². The molecule has 1 saturated heterocycles. The van der Waals surface area contributed by atoms with Gasteiger partial charge in [0.2, 0.25) is 15.9 Å². The standard InChI is InChI=1S/C20H22ClN3O4S/c21-16-5-3-4-14(12-16)13-29(27,28)24-10-8-15(9-11-24)20(26)23-18-7-2-1-6-17(18)19(22)25/h1-7,12,15H,8-11,13H2,(H2,22,25)(H,23,26). The lowest BCUT2D eigenvalue weighted by molar-refractivity contribution is -0.120. The average Bonchev–Trinajstić information content (AvgIpc) is 2.68. The van der Waals surface area contributed by atoms with Crippen LogP contribution in [0, 0.1) is 5.92 Å². The van der Waals surface area contributed by atoms with E-state index >= 15 is 0 Å². The predicted molar refractivity (Wildman–Crippen MR) is 112 cm³/mol. The number of primary amides is 1. The second-order valence-corrected chi connectivity index (χ2v) is 9.36. The number of carbonyl (C=O) groups is 2. The third-order valence-electron chi connectivity index (χ3n) is 4.91. The van der Waals surface area contributed by atoms with Crippen molar-refractivity contribution >= 4 is 39.1 Å². The van der Waals surface area contributed by atoms with Crippen molar-refractivity contribution in [1.29, 1.82) is 0 Å². The van der Waals surface area contributed by atoms with E-state index in [1.54, 1.807) is 48.5 Å².